The molecule has 2 aromatic rings. The summed E-state index contributed by atoms with van der Waals surface area (Å²) in [4.78, 5) is 24.3. The Labute approximate surface area is 165 Å². The Kier molecular flexibility index (Phi) is 6.79. The van der Waals surface area contributed by atoms with Crippen molar-refractivity contribution < 1.29 is 22.7 Å². The molecule has 28 heavy (non-hydrogen) atoms. The van der Waals surface area contributed by atoms with Crippen LogP contribution in [0.5, 0.6) is 0 Å². The van der Waals surface area contributed by atoms with E-state index in [1.54, 1.807) is 18.2 Å². The molecule has 2 rings (SSSR count). The zero-order chi connectivity index (χ0) is 21.1. The van der Waals surface area contributed by atoms with Gasteiger partial charge >= 0.3 is 5.97 Å². The van der Waals surface area contributed by atoms with Crippen LogP contribution >= 0.6 is 0 Å². The molecule has 0 spiro atoms. The molecule has 0 aliphatic rings. The zero-order valence-electron chi connectivity index (χ0n) is 16.8. The van der Waals surface area contributed by atoms with Crippen LogP contribution in [0.3, 0.4) is 0 Å². The van der Waals surface area contributed by atoms with Gasteiger partial charge in [-0.15, -0.1) is 0 Å². The number of nitrogens with one attached hydrogen (secondary N) is 1. The van der Waals surface area contributed by atoms with Crippen molar-refractivity contribution in [3.05, 3.63) is 52.8 Å². The van der Waals surface area contributed by atoms with Crippen LogP contribution in [0.4, 0.5) is 0 Å². The Morgan fingerprint density at radius 1 is 1.11 bits per heavy atom. The maximum absolute atomic E-state index is 12.4. The summed E-state index contributed by atoms with van der Waals surface area (Å²) < 4.78 is 33.5. The Morgan fingerprint density at radius 2 is 1.71 bits per heavy atom. The second kappa shape index (κ2) is 8.70. The molecule has 0 amide bonds. The van der Waals surface area contributed by atoms with Gasteiger partial charge in [-0.25, -0.2) is 8.42 Å². The topological polar surface area (TPSA) is 94.5 Å². The maximum Gasteiger partial charge on any atom is 0.321 e. The number of aromatic nitrogens is 1. The van der Waals surface area contributed by atoms with Gasteiger partial charge < -0.3 is 9.30 Å². The lowest BCUT2D eigenvalue weighted by Gasteiger charge is -2.13. The molecule has 152 valence electrons. The second-order valence-electron chi connectivity index (χ2n) is 6.97. The normalized spacial score (nSPS) is 11.6. The number of carbonyl (C=O) groups excluding carboxylic acids is 2. The van der Waals surface area contributed by atoms with Gasteiger partial charge in [0.25, 0.3) is 0 Å². The third kappa shape index (κ3) is 5.08. The number of esters is 1. The zero-order valence-corrected chi connectivity index (χ0v) is 17.6. The largest absolute Gasteiger partial charge is 0.456 e. The van der Waals surface area contributed by atoms with E-state index in [2.05, 4.69) is 4.72 Å². The summed E-state index contributed by atoms with van der Waals surface area (Å²) in [7, 11) is -3.82. The van der Waals surface area contributed by atoms with E-state index in [0.29, 0.717) is 5.56 Å². The number of nitrogens with zero attached hydrogens (tertiary/aromatic N) is 1. The lowest BCUT2D eigenvalue weighted by molar-refractivity contribution is -0.141. The van der Waals surface area contributed by atoms with Crippen molar-refractivity contribution in [2.24, 2.45) is 0 Å². The molecule has 0 radical (unpaired) electrons. The molecular weight excluding hydrogens is 380 g/mol. The van der Waals surface area contributed by atoms with E-state index in [1.807, 2.05) is 39.2 Å². The molecule has 0 bridgehead atoms. The minimum atomic E-state index is -3.82. The number of Topliss-reactive ketones (excluding diaryl/α,β-unsaturated/α-hetero) is 1. The Bertz CT molecular complexity index is 973. The third-order valence-corrected chi connectivity index (χ3v) is 5.82. The smallest absolute Gasteiger partial charge is 0.321 e. The first-order valence-electron chi connectivity index (χ1n) is 8.96. The fraction of sp³-hybridized carbons (Fsp3) is 0.400. The van der Waals surface area contributed by atoms with Gasteiger partial charge in [0, 0.05) is 23.0 Å². The van der Waals surface area contributed by atoms with Crippen LogP contribution in [0.15, 0.2) is 35.2 Å². The number of sulfonamides is 1. The van der Waals surface area contributed by atoms with Gasteiger partial charge in [0.1, 0.15) is 6.54 Å². The predicted molar refractivity (Wildman–Crippen MR) is 106 cm³/mol. The van der Waals surface area contributed by atoms with Crippen molar-refractivity contribution >= 4 is 21.8 Å². The molecule has 0 atom stereocenters. The number of hydrogen-bond acceptors (Lipinski definition) is 5. The van der Waals surface area contributed by atoms with E-state index in [-0.39, 0.29) is 16.7 Å². The highest BCUT2D eigenvalue weighted by molar-refractivity contribution is 7.89. The summed E-state index contributed by atoms with van der Waals surface area (Å²) in [5, 5.41) is 0. The van der Waals surface area contributed by atoms with E-state index < -0.39 is 29.1 Å². The summed E-state index contributed by atoms with van der Waals surface area (Å²) in [6.45, 7) is 8.66. The fourth-order valence-electron chi connectivity index (χ4n) is 3.08. The average molecular weight is 407 g/mol. The number of hydrogen-bond donors (Lipinski definition) is 1. The van der Waals surface area contributed by atoms with E-state index >= 15 is 0 Å². The summed E-state index contributed by atoms with van der Waals surface area (Å²) in [6, 6.07) is 8.22. The molecule has 1 N–H and O–H groups in total. The molecular formula is C20H26N2O5S. The highest BCUT2D eigenvalue weighted by Crippen LogP contribution is 2.20. The lowest BCUT2D eigenvalue weighted by atomic mass is 10.1. The SMILES string of the molecule is Cc1ccc(S(=O)(=O)NCC(=O)OCC(=O)c2cc(C)n(C(C)C)c2C)cc1. The van der Waals surface area contributed by atoms with E-state index in [4.69, 9.17) is 4.74 Å². The Morgan fingerprint density at radius 3 is 2.25 bits per heavy atom. The first kappa shape index (κ1) is 21.8. The fourth-order valence-corrected chi connectivity index (χ4v) is 4.05. The first-order chi connectivity index (χ1) is 13.0. The number of benzene rings is 1. The highest BCUT2D eigenvalue weighted by Gasteiger charge is 2.20. The van der Waals surface area contributed by atoms with Crippen molar-refractivity contribution in [3.63, 3.8) is 0 Å². The molecule has 1 aromatic heterocycles. The number of aryl methyl sites for hydroxylation is 2. The summed E-state index contributed by atoms with van der Waals surface area (Å²) in [6.07, 6.45) is 0. The molecule has 0 unspecified atom stereocenters. The molecule has 1 heterocycles. The van der Waals surface area contributed by atoms with Crippen LogP contribution < -0.4 is 4.72 Å². The maximum atomic E-state index is 12.4. The molecule has 8 heteroatoms. The van der Waals surface area contributed by atoms with E-state index in [0.717, 1.165) is 17.0 Å². The molecule has 0 aliphatic carbocycles. The van der Waals surface area contributed by atoms with Gasteiger partial charge in [0.05, 0.1) is 4.90 Å². The van der Waals surface area contributed by atoms with Crippen molar-refractivity contribution in [1.29, 1.82) is 0 Å². The molecule has 0 saturated heterocycles. The molecule has 0 aliphatic heterocycles. The van der Waals surface area contributed by atoms with Crippen molar-refractivity contribution in [2.45, 2.75) is 45.6 Å². The Hall–Kier alpha value is -2.45. The van der Waals surface area contributed by atoms with Gasteiger partial charge in [0.2, 0.25) is 15.8 Å². The van der Waals surface area contributed by atoms with E-state index in [1.165, 1.54) is 12.1 Å². The van der Waals surface area contributed by atoms with Gasteiger partial charge in [-0.2, -0.15) is 4.72 Å². The molecule has 1 aromatic carbocycles. The van der Waals surface area contributed by atoms with E-state index in [9.17, 15) is 18.0 Å². The summed E-state index contributed by atoms with van der Waals surface area (Å²) >= 11 is 0. The van der Waals surface area contributed by atoms with Crippen LogP contribution in [0.25, 0.3) is 0 Å². The summed E-state index contributed by atoms with van der Waals surface area (Å²) in [5.74, 6) is -1.14. The summed E-state index contributed by atoms with van der Waals surface area (Å²) in [5.41, 5.74) is 3.19. The number of carbonyl (C=O) groups is 2. The number of rotatable bonds is 8. The molecule has 0 saturated carbocycles. The van der Waals surface area contributed by atoms with Gasteiger partial charge in [0.15, 0.2) is 6.61 Å². The Balaban J connectivity index is 1.93. The molecule has 7 nitrogen and oxygen atoms in total. The quantitative estimate of drug-likeness (QED) is 0.537. The minimum absolute atomic E-state index is 0.0584. The number of ketones is 1. The van der Waals surface area contributed by atoms with Gasteiger partial charge in [-0.05, 0) is 52.8 Å². The minimum Gasteiger partial charge on any atom is -0.456 e. The van der Waals surface area contributed by atoms with Crippen LogP contribution in [0.2, 0.25) is 0 Å². The first-order valence-corrected chi connectivity index (χ1v) is 10.4. The highest BCUT2D eigenvalue weighted by atomic mass is 32.2. The van der Waals surface area contributed by atoms with Crippen LogP contribution in [-0.2, 0) is 19.6 Å². The predicted octanol–water partition coefficient (Wildman–Crippen LogP) is 2.70. The lowest BCUT2D eigenvalue weighted by Crippen LogP contribution is -2.31. The van der Waals surface area contributed by atoms with Crippen molar-refractivity contribution in [2.75, 3.05) is 13.2 Å². The average Bonchev–Trinajstić information content (AvgIpc) is 2.93. The van der Waals surface area contributed by atoms with Gasteiger partial charge in [-0.3, -0.25) is 9.59 Å². The van der Waals surface area contributed by atoms with Crippen molar-refractivity contribution in [3.8, 4) is 0 Å². The third-order valence-electron chi connectivity index (χ3n) is 4.40. The van der Waals surface area contributed by atoms with Crippen LogP contribution in [0.1, 0.15) is 47.2 Å². The standard InChI is InChI=1S/C20H26N2O5S/c1-13(2)22-15(4)10-18(16(22)5)19(23)12-27-20(24)11-21-28(25,26)17-8-6-14(3)7-9-17/h6-10,13,21H,11-12H2,1-5H3. The monoisotopic (exact) mass is 406 g/mol. The van der Waals surface area contributed by atoms with Crippen molar-refractivity contribution in [1.82, 2.24) is 9.29 Å². The van der Waals surface area contributed by atoms with Crippen LogP contribution in [0, 0.1) is 20.8 Å². The van der Waals surface area contributed by atoms with Gasteiger partial charge in [-0.1, -0.05) is 17.7 Å². The number of ether oxygens (including phenoxy) is 1. The molecule has 0 fully saturated rings. The second-order valence-corrected chi connectivity index (χ2v) is 8.74. The van der Waals surface area contributed by atoms with Crippen LogP contribution in [-0.4, -0.2) is 37.9 Å².